The van der Waals surface area contributed by atoms with Gasteiger partial charge < -0.3 is 11.1 Å². The fraction of sp³-hybridized carbons (Fsp3) is 0.857. The molecule has 1 aliphatic carbocycles. The SMILES string of the molecule is CC1CCCC(N)C1=N. The van der Waals surface area contributed by atoms with E-state index in [0.29, 0.717) is 5.92 Å². The summed E-state index contributed by atoms with van der Waals surface area (Å²) >= 11 is 0. The number of nitrogens with one attached hydrogen (secondary N) is 1. The minimum absolute atomic E-state index is 0.0637. The predicted molar refractivity (Wildman–Crippen MR) is 38.7 cm³/mol. The van der Waals surface area contributed by atoms with Crippen molar-refractivity contribution in [2.45, 2.75) is 32.2 Å². The van der Waals surface area contributed by atoms with Crippen LogP contribution in [0.15, 0.2) is 0 Å². The summed E-state index contributed by atoms with van der Waals surface area (Å²) in [6.45, 7) is 2.08. The predicted octanol–water partition coefficient (Wildman–Crippen LogP) is 1.15. The van der Waals surface area contributed by atoms with Crippen LogP contribution in [0.2, 0.25) is 0 Å². The van der Waals surface area contributed by atoms with Gasteiger partial charge in [-0.15, -0.1) is 0 Å². The molecule has 0 aromatic rings. The Labute approximate surface area is 55.9 Å². The summed E-state index contributed by atoms with van der Waals surface area (Å²) in [5.74, 6) is 0.439. The van der Waals surface area contributed by atoms with Gasteiger partial charge in [-0.05, 0) is 18.8 Å². The Morgan fingerprint density at radius 1 is 1.56 bits per heavy atom. The van der Waals surface area contributed by atoms with Crippen molar-refractivity contribution in [3.8, 4) is 0 Å². The Hall–Kier alpha value is -0.370. The fourth-order valence-corrected chi connectivity index (χ4v) is 1.32. The molecule has 2 nitrogen and oxygen atoms in total. The summed E-state index contributed by atoms with van der Waals surface area (Å²) in [5, 5.41) is 7.48. The first-order chi connectivity index (χ1) is 4.22. The second-order valence-corrected chi connectivity index (χ2v) is 2.89. The van der Waals surface area contributed by atoms with Crippen LogP contribution >= 0.6 is 0 Å². The molecular formula is C7H14N2. The minimum Gasteiger partial charge on any atom is -0.323 e. The van der Waals surface area contributed by atoms with Crippen LogP contribution in [0.3, 0.4) is 0 Å². The van der Waals surface area contributed by atoms with E-state index >= 15 is 0 Å². The Balaban J connectivity index is 2.52. The third-order valence-corrected chi connectivity index (χ3v) is 2.08. The molecule has 0 saturated heterocycles. The first-order valence-electron chi connectivity index (χ1n) is 3.55. The van der Waals surface area contributed by atoms with Crippen LogP contribution in [0.4, 0.5) is 0 Å². The smallest absolute Gasteiger partial charge is 0.0425 e. The van der Waals surface area contributed by atoms with Gasteiger partial charge in [0.25, 0.3) is 0 Å². The molecular weight excluding hydrogens is 112 g/mol. The molecule has 9 heavy (non-hydrogen) atoms. The number of hydrogen-bond donors (Lipinski definition) is 2. The van der Waals surface area contributed by atoms with Crippen molar-refractivity contribution in [3.63, 3.8) is 0 Å². The van der Waals surface area contributed by atoms with Gasteiger partial charge in [-0.3, -0.25) is 0 Å². The summed E-state index contributed by atoms with van der Waals surface area (Å²) < 4.78 is 0. The van der Waals surface area contributed by atoms with E-state index in [4.69, 9.17) is 11.1 Å². The van der Waals surface area contributed by atoms with Crippen molar-refractivity contribution in [2.24, 2.45) is 11.7 Å². The fourth-order valence-electron chi connectivity index (χ4n) is 1.32. The van der Waals surface area contributed by atoms with Gasteiger partial charge in [0.2, 0.25) is 0 Å². The molecule has 0 bridgehead atoms. The lowest BCUT2D eigenvalue weighted by molar-refractivity contribution is 0.519. The minimum atomic E-state index is 0.0637. The molecule has 0 radical (unpaired) electrons. The highest BCUT2D eigenvalue weighted by atomic mass is 14.7. The molecule has 0 spiro atoms. The van der Waals surface area contributed by atoms with Crippen molar-refractivity contribution >= 4 is 5.71 Å². The molecule has 52 valence electrons. The Morgan fingerprint density at radius 2 is 2.22 bits per heavy atom. The van der Waals surface area contributed by atoms with Crippen LogP contribution < -0.4 is 5.73 Å². The number of nitrogens with two attached hydrogens (primary N) is 1. The maximum Gasteiger partial charge on any atom is 0.0425 e. The quantitative estimate of drug-likeness (QED) is 0.502. The highest BCUT2D eigenvalue weighted by Crippen LogP contribution is 2.18. The highest BCUT2D eigenvalue weighted by molar-refractivity contribution is 5.88. The molecule has 2 heteroatoms. The van der Waals surface area contributed by atoms with E-state index < -0.39 is 0 Å². The zero-order valence-electron chi connectivity index (χ0n) is 5.85. The van der Waals surface area contributed by atoms with Crippen molar-refractivity contribution in [1.82, 2.24) is 0 Å². The van der Waals surface area contributed by atoms with Gasteiger partial charge in [0.1, 0.15) is 0 Å². The van der Waals surface area contributed by atoms with Crippen molar-refractivity contribution in [2.75, 3.05) is 0 Å². The summed E-state index contributed by atoms with van der Waals surface area (Å²) in [5.41, 5.74) is 6.40. The van der Waals surface area contributed by atoms with E-state index in [1.807, 2.05) is 0 Å². The van der Waals surface area contributed by atoms with Gasteiger partial charge in [0, 0.05) is 11.8 Å². The maximum atomic E-state index is 7.48. The van der Waals surface area contributed by atoms with Gasteiger partial charge in [0.05, 0.1) is 0 Å². The lowest BCUT2D eigenvalue weighted by atomic mass is 9.86. The van der Waals surface area contributed by atoms with Gasteiger partial charge in [-0.25, -0.2) is 0 Å². The molecule has 3 N–H and O–H groups in total. The molecule has 0 aromatic heterocycles. The van der Waals surface area contributed by atoms with Crippen LogP contribution in [0, 0.1) is 11.3 Å². The second kappa shape index (κ2) is 2.48. The van der Waals surface area contributed by atoms with Gasteiger partial charge in [-0.1, -0.05) is 13.3 Å². The average molecular weight is 126 g/mol. The zero-order chi connectivity index (χ0) is 6.85. The molecule has 1 fully saturated rings. The highest BCUT2D eigenvalue weighted by Gasteiger charge is 2.20. The van der Waals surface area contributed by atoms with Crippen molar-refractivity contribution in [1.29, 1.82) is 5.41 Å². The van der Waals surface area contributed by atoms with Gasteiger partial charge in [-0.2, -0.15) is 0 Å². The number of hydrogen-bond acceptors (Lipinski definition) is 2. The number of rotatable bonds is 0. The first-order valence-corrected chi connectivity index (χ1v) is 3.55. The third-order valence-electron chi connectivity index (χ3n) is 2.08. The van der Waals surface area contributed by atoms with E-state index in [-0.39, 0.29) is 6.04 Å². The summed E-state index contributed by atoms with van der Waals surface area (Å²) in [4.78, 5) is 0. The van der Waals surface area contributed by atoms with Gasteiger partial charge >= 0.3 is 0 Å². The lowest BCUT2D eigenvalue weighted by Crippen LogP contribution is -2.37. The Bertz CT molecular complexity index is 108. The molecule has 0 heterocycles. The molecule has 0 aliphatic heterocycles. The van der Waals surface area contributed by atoms with E-state index in [1.165, 1.54) is 6.42 Å². The molecule has 2 unspecified atom stereocenters. The van der Waals surface area contributed by atoms with Crippen LogP contribution in [-0.2, 0) is 0 Å². The van der Waals surface area contributed by atoms with Gasteiger partial charge in [0.15, 0.2) is 0 Å². The van der Waals surface area contributed by atoms with Crippen molar-refractivity contribution < 1.29 is 0 Å². The standard InChI is InChI=1S/C7H14N2/c1-5-3-2-4-6(8)7(5)9/h5-6,9H,2-4,8H2,1H3. The molecule has 1 rings (SSSR count). The molecule has 1 saturated carbocycles. The summed E-state index contributed by atoms with van der Waals surface area (Å²) in [6, 6.07) is 0.0637. The van der Waals surface area contributed by atoms with Crippen LogP contribution in [0.25, 0.3) is 0 Å². The molecule has 0 amide bonds. The van der Waals surface area contributed by atoms with Crippen molar-refractivity contribution in [3.05, 3.63) is 0 Å². The van der Waals surface area contributed by atoms with Crippen LogP contribution in [0.1, 0.15) is 26.2 Å². The second-order valence-electron chi connectivity index (χ2n) is 2.89. The topological polar surface area (TPSA) is 49.9 Å². The molecule has 2 atom stereocenters. The van der Waals surface area contributed by atoms with E-state index in [2.05, 4.69) is 6.92 Å². The van der Waals surface area contributed by atoms with Crippen LogP contribution in [-0.4, -0.2) is 11.8 Å². The third kappa shape index (κ3) is 1.30. The zero-order valence-corrected chi connectivity index (χ0v) is 5.85. The monoisotopic (exact) mass is 126 g/mol. The summed E-state index contributed by atoms with van der Waals surface area (Å²) in [7, 11) is 0. The lowest BCUT2D eigenvalue weighted by Gasteiger charge is -2.24. The average Bonchev–Trinajstić information content (AvgIpc) is 1.83. The summed E-state index contributed by atoms with van der Waals surface area (Å²) in [6.07, 6.45) is 3.38. The first kappa shape index (κ1) is 6.75. The van der Waals surface area contributed by atoms with E-state index in [9.17, 15) is 0 Å². The largest absolute Gasteiger partial charge is 0.323 e. The van der Waals surface area contributed by atoms with Crippen LogP contribution in [0.5, 0.6) is 0 Å². The molecule has 1 aliphatic rings. The molecule has 0 aromatic carbocycles. The van der Waals surface area contributed by atoms with E-state index in [0.717, 1.165) is 18.6 Å². The Kier molecular flexibility index (Phi) is 1.86. The maximum absolute atomic E-state index is 7.48. The van der Waals surface area contributed by atoms with E-state index in [1.54, 1.807) is 0 Å². The normalized spacial score (nSPS) is 36.9. The Morgan fingerprint density at radius 3 is 2.67 bits per heavy atom.